The molecule has 4 heteroatoms. The van der Waals surface area contributed by atoms with E-state index in [1.54, 1.807) is 0 Å². The summed E-state index contributed by atoms with van der Waals surface area (Å²) in [5, 5.41) is 3.36. The van der Waals surface area contributed by atoms with E-state index in [4.69, 9.17) is 0 Å². The van der Waals surface area contributed by atoms with E-state index in [1.807, 2.05) is 0 Å². The average Bonchev–Trinajstić information content (AvgIpc) is 2.98. The van der Waals surface area contributed by atoms with Crippen LogP contribution in [0, 0.1) is 5.92 Å². The van der Waals surface area contributed by atoms with Crippen molar-refractivity contribution in [3.8, 4) is 0 Å². The lowest BCUT2D eigenvalue weighted by atomic mass is 9.98. The Kier molecular flexibility index (Phi) is 4.38. The molecule has 1 N–H and O–H groups in total. The Morgan fingerprint density at radius 2 is 1.84 bits per heavy atom. The molecule has 1 unspecified atom stereocenters. The molecular weight excluding hydrogens is 238 g/mol. The van der Waals surface area contributed by atoms with Gasteiger partial charge in [0.1, 0.15) is 0 Å². The van der Waals surface area contributed by atoms with Crippen molar-refractivity contribution in [3.63, 3.8) is 0 Å². The average molecular weight is 265 g/mol. The molecule has 19 heavy (non-hydrogen) atoms. The summed E-state index contributed by atoms with van der Waals surface area (Å²) in [4.78, 5) is 17.3. The summed E-state index contributed by atoms with van der Waals surface area (Å²) in [6.45, 7) is 6.44. The molecule has 1 amide bonds. The normalized spacial score (nSPS) is 33.6. The molecule has 3 rings (SSSR count). The first kappa shape index (κ1) is 13.4. The molecule has 3 heterocycles. The highest BCUT2D eigenvalue weighted by Crippen LogP contribution is 2.23. The van der Waals surface area contributed by atoms with E-state index in [0.717, 1.165) is 39.0 Å². The predicted molar refractivity (Wildman–Crippen MR) is 76.0 cm³/mol. The number of rotatable bonds is 2. The van der Waals surface area contributed by atoms with Gasteiger partial charge in [0.2, 0.25) is 5.91 Å². The third-order valence-corrected chi connectivity index (χ3v) is 5.03. The minimum Gasteiger partial charge on any atom is -0.341 e. The Labute approximate surface area is 116 Å². The first-order valence-corrected chi connectivity index (χ1v) is 8.08. The van der Waals surface area contributed by atoms with Crippen LogP contribution >= 0.6 is 0 Å². The van der Waals surface area contributed by atoms with Gasteiger partial charge in [0.25, 0.3) is 0 Å². The Balaban J connectivity index is 1.51. The van der Waals surface area contributed by atoms with Gasteiger partial charge >= 0.3 is 0 Å². The summed E-state index contributed by atoms with van der Waals surface area (Å²) in [5.41, 5.74) is 0. The van der Waals surface area contributed by atoms with E-state index in [1.165, 1.54) is 38.8 Å². The summed E-state index contributed by atoms with van der Waals surface area (Å²) in [5.74, 6) is 0.653. The van der Waals surface area contributed by atoms with Gasteiger partial charge in [-0.3, -0.25) is 9.69 Å². The Hall–Kier alpha value is -0.610. The number of amides is 1. The van der Waals surface area contributed by atoms with Crippen molar-refractivity contribution < 1.29 is 4.79 Å². The molecule has 0 radical (unpaired) electrons. The summed E-state index contributed by atoms with van der Waals surface area (Å²) in [7, 11) is 0. The molecule has 4 nitrogen and oxygen atoms in total. The number of piperidine rings is 2. The molecule has 3 fully saturated rings. The van der Waals surface area contributed by atoms with Crippen LogP contribution in [-0.4, -0.2) is 61.0 Å². The van der Waals surface area contributed by atoms with E-state index in [9.17, 15) is 4.79 Å². The largest absolute Gasteiger partial charge is 0.341 e. The maximum Gasteiger partial charge on any atom is 0.227 e. The fourth-order valence-corrected chi connectivity index (χ4v) is 3.84. The number of carbonyl (C=O) groups excluding carboxylic acids is 1. The molecule has 0 aromatic heterocycles. The highest BCUT2D eigenvalue weighted by atomic mass is 16.2. The molecular formula is C15H27N3O. The van der Waals surface area contributed by atoms with Gasteiger partial charge in [0, 0.05) is 25.7 Å². The number of nitrogens with one attached hydrogen (secondary N) is 1. The molecule has 0 aromatic carbocycles. The molecule has 0 bridgehead atoms. The fourth-order valence-electron chi connectivity index (χ4n) is 3.84. The molecule has 3 aliphatic rings. The maximum absolute atomic E-state index is 12.5. The van der Waals surface area contributed by atoms with E-state index >= 15 is 0 Å². The topological polar surface area (TPSA) is 35.6 Å². The molecule has 3 aliphatic heterocycles. The lowest BCUT2D eigenvalue weighted by Gasteiger charge is -2.32. The van der Waals surface area contributed by atoms with Crippen LogP contribution in [0.5, 0.6) is 0 Å². The van der Waals surface area contributed by atoms with Crippen molar-refractivity contribution in [3.05, 3.63) is 0 Å². The first-order valence-electron chi connectivity index (χ1n) is 8.08. The minimum atomic E-state index is 0.244. The quantitative estimate of drug-likeness (QED) is 0.811. The summed E-state index contributed by atoms with van der Waals surface area (Å²) in [6.07, 6.45) is 7.50. The molecule has 0 aromatic rings. The number of hydrogen-bond donors (Lipinski definition) is 1. The van der Waals surface area contributed by atoms with Crippen LogP contribution < -0.4 is 5.32 Å². The van der Waals surface area contributed by atoms with Crippen LogP contribution in [0.3, 0.4) is 0 Å². The number of carbonyl (C=O) groups is 1. The summed E-state index contributed by atoms with van der Waals surface area (Å²) in [6, 6.07) is 0.640. The SMILES string of the molecule is O=C([C@@H]1CCCNC1)N1CCC(N2CCCCC2)C1. The lowest BCUT2D eigenvalue weighted by molar-refractivity contribution is -0.135. The van der Waals surface area contributed by atoms with Crippen LogP contribution in [-0.2, 0) is 4.79 Å². The smallest absolute Gasteiger partial charge is 0.227 e. The molecule has 0 saturated carbocycles. The van der Waals surface area contributed by atoms with Gasteiger partial charge in [0.05, 0.1) is 5.92 Å². The van der Waals surface area contributed by atoms with Gasteiger partial charge in [-0.25, -0.2) is 0 Å². The monoisotopic (exact) mass is 265 g/mol. The second-order valence-corrected chi connectivity index (χ2v) is 6.37. The Morgan fingerprint density at radius 3 is 2.58 bits per heavy atom. The maximum atomic E-state index is 12.5. The molecule has 0 aliphatic carbocycles. The van der Waals surface area contributed by atoms with Crippen LogP contribution in [0.25, 0.3) is 0 Å². The Morgan fingerprint density at radius 1 is 1.00 bits per heavy atom. The second-order valence-electron chi connectivity index (χ2n) is 6.37. The summed E-state index contributed by atoms with van der Waals surface area (Å²) >= 11 is 0. The van der Waals surface area contributed by atoms with Crippen LogP contribution in [0.4, 0.5) is 0 Å². The summed E-state index contributed by atoms with van der Waals surface area (Å²) < 4.78 is 0. The second kappa shape index (κ2) is 6.23. The van der Waals surface area contributed by atoms with Crippen molar-refractivity contribution >= 4 is 5.91 Å². The van der Waals surface area contributed by atoms with Gasteiger partial charge in [-0.15, -0.1) is 0 Å². The zero-order valence-corrected chi connectivity index (χ0v) is 11.9. The third kappa shape index (κ3) is 3.11. The number of hydrogen-bond acceptors (Lipinski definition) is 3. The molecule has 3 saturated heterocycles. The van der Waals surface area contributed by atoms with Gasteiger partial charge in [-0.1, -0.05) is 6.42 Å². The van der Waals surface area contributed by atoms with Crippen molar-refractivity contribution in [1.29, 1.82) is 0 Å². The minimum absolute atomic E-state index is 0.244. The predicted octanol–water partition coefficient (Wildman–Crippen LogP) is 1.07. The van der Waals surface area contributed by atoms with Crippen molar-refractivity contribution in [1.82, 2.24) is 15.1 Å². The van der Waals surface area contributed by atoms with Crippen molar-refractivity contribution in [2.45, 2.75) is 44.6 Å². The highest BCUT2D eigenvalue weighted by molar-refractivity contribution is 5.79. The number of nitrogens with zero attached hydrogens (tertiary/aromatic N) is 2. The fraction of sp³-hybridized carbons (Fsp3) is 0.933. The highest BCUT2D eigenvalue weighted by Gasteiger charge is 2.34. The van der Waals surface area contributed by atoms with Crippen LogP contribution in [0.15, 0.2) is 0 Å². The van der Waals surface area contributed by atoms with Gasteiger partial charge in [-0.2, -0.15) is 0 Å². The van der Waals surface area contributed by atoms with E-state index in [0.29, 0.717) is 11.9 Å². The van der Waals surface area contributed by atoms with Crippen LogP contribution in [0.2, 0.25) is 0 Å². The van der Waals surface area contributed by atoms with Gasteiger partial charge < -0.3 is 10.2 Å². The zero-order valence-electron chi connectivity index (χ0n) is 11.9. The lowest BCUT2D eigenvalue weighted by Crippen LogP contribution is -2.45. The first-order chi connectivity index (χ1) is 9.34. The van der Waals surface area contributed by atoms with Crippen LogP contribution in [0.1, 0.15) is 38.5 Å². The molecule has 108 valence electrons. The van der Waals surface area contributed by atoms with E-state index in [-0.39, 0.29) is 5.92 Å². The third-order valence-electron chi connectivity index (χ3n) is 5.03. The Bertz CT molecular complexity index is 309. The van der Waals surface area contributed by atoms with Crippen molar-refractivity contribution in [2.75, 3.05) is 39.3 Å². The zero-order chi connectivity index (χ0) is 13.1. The van der Waals surface area contributed by atoms with Crippen molar-refractivity contribution in [2.24, 2.45) is 5.92 Å². The standard InChI is InChI=1S/C15H27N3O/c19-15(13-5-4-7-16-11-13)18-10-6-14(12-18)17-8-2-1-3-9-17/h13-14,16H,1-12H2/t13-,14?/m1/s1. The van der Waals surface area contributed by atoms with E-state index < -0.39 is 0 Å². The van der Waals surface area contributed by atoms with Gasteiger partial charge in [-0.05, 0) is 51.7 Å². The number of likely N-dealkylation sites (tertiary alicyclic amines) is 2. The molecule has 2 atom stereocenters. The van der Waals surface area contributed by atoms with Gasteiger partial charge in [0.15, 0.2) is 0 Å². The molecule has 0 spiro atoms. The van der Waals surface area contributed by atoms with E-state index in [2.05, 4.69) is 15.1 Å².